The van der Waals surface area contributed by atoms with Crippen LogP contribution in [0.25, 0.3) is 0 Å². The molecule has 1 nitrogen and oxygen atoms in total. The predicted molar refractivity (Wildman–Crippen MR) is 78.6 cm³/mol. The SMILES string of the molecule is Cc1cc(C)c(C(O)Cc2ccc(Cl)s2)cc1C. The van der Waals surface area contributed by atoms with E-state index in [1.165, 1.54) is 22.5 Å². The van der Waals surface area contributed by atoms with Gasteiger partial charge in [-0.2, -0.15) is 0 Å². The van der Waals surface area contributed by atoms with Crippen LogP contribution in [0.2, 0.25) is 4.34 Å². The van der Waals surface area contributed by atoms with Crippen molar-refractivity contribution in [3.05, 3.63) is 55.7 Å². The van der Waals surface area contributed by atoms with E-state index in [2.05, 4.69) is 26.0 Å². The first-order chi connectivity index (χ1) is 8.47. The fourth-order valence-corrected chi connectivity index (χ4v) is 3.23. The molecule has 0 spiro atoms. The van der Waals surface area contributed by atoms with E-state index in [1.807, 2.05) is 19.1 Å². The van der Waals surface area contributed by atoms with E-state index in [0.29, 0.717) is 6.42 Å². The topological polar surface area (TPSA) is 20.2 Å². The van der Waals surface area contributed by atoms with Crippen molar-refractivity contribution in [1.82, 2.24) is 0 Å². The Kier molecular flexibility index (Phi) is 4.10. The first-order valence-corrected chi connectivity index (χ1v) is 7.17. The molecule has 1 aromatic carbocycles. The molecule has 1 unspecified atom stereocenters. The van der Waals surface area contributed by atoms with E-state index >= 15 is 0 Å². The fraction of sp³-hybridized carbons (Fsp3) is 0.333. The second-order valence-electron chi connectivity index (χ2n) is 4.72. The van der Waals surface area contributed by atoms with E-state index < -0.39 is 6.10 Å². The summed E-state index contributed by atoms with van der Waals surface area (Å²) < 4.78 is 0.772. The van der Waals surface area contributed by atoms with Crippen molar-refractivity contribution >= 4 is 22.9 Å². The van der Waals surface area contributed by atoms with Gasteiger partial charge in [0.2, 0.25) is 0 Å². The number of aliphatic hydroxyl groups is 1. The predicted octanol–water partition coefficient (Wildman–Crippen LogP) is 4.60. The molecule has 18 heavy (non-hydrogen) atoms. The zero-order valence-corrected chi connectivity index (χ0v) is 12.4. The number of hydrogen-bond donors (Lipinski definition) is 1. The van der Waals surface area contributed by atoms with Crippen LogP contribution in [0.15, 0.2) is 24.3 Å². The second-order valence-corrected chi connectivity index (χ2v) is 6.52. The van der Waals surface area contributed by atoms with Crippen LogP contribution in [0.5, 0.6) is 0 Å². The monoisotopic (exact) mass is 280 g/mol. The molecular formula is C15H17ClOS. The lowest BCUT2D eigenvalue weighted by atomic mass is 9.95. The average molecular weight is 281 g/mol. The third kappa shape index (κ3) is 2.94. The van der Waals surface area contributed by atoms with Gasteiger partial charge in [-0.3, -0.25) is 0 Å². The van der Waals surface area contributed by atoms with Gasteiger partial charge in [0.25, 0.3) is 0 Å². The highest BCUT2D eigenvalue weighted by molar-refractivity contribution is 7.16. The Bertz CT molecular complexity index is 560. The molecule has 1 N–H and O–H groups in total. The van der Waals surface area contributed by atoms with Crippen LogP contribution >= 0.6 is 22.9 Å². The molecule has 0 aliphatic heterocycles. The van der Waals surface area contributed by atoms with Crippen molar-refractivity contribution in [2.75, 3.05) is 0 Å². The lowest BCUT2D eigenvalue weighted by Gasteiger charge is -2.15. The summed E-state index contributed by atoms with van der Waals surface area (Å²) in [6.45, 7) is 6.22. The summed E-state index contributed by atoms with van der Waals surface area (Å²) in [5, 5.41) is 10.3. The Morgan fingerprint density at radius 1 is 1.11 bits per heavy atom. The van der Waals surface area contributed by atoms with E-state index in [1.54, 1.807) is 0 Å². The minimum absolute atomic E-state index is 0.459. The van der Waals surface area contributed by atoms with Gasteiger partial charge in [0.1, 0.15) is 0 Å². The molecule has 2 aromatic rings. The molecule has 0 fully saturated rings. The van der Waals surface area contributed by atoms with Gasteiger partial charge in [-0.25, -0.2) is 0 Å². The zero-order chi connectivity index (χ0) is 13.3. The standard InChI is InChI=1S/C15H17ClOS/c1-9-6-11(3)13(7-10(9)2)14(17)8-12-4-5-15(16)18-12/h4-7,14,17H,8H2,1-3H3. The minimum atomic E-state index is -0.459. The van der Waals surface area contributed by atoms with Gasteiger partial charge in [-0.05, 0) is 55.2 Å². The van der Waals surface area contributed by atoms with Crippen LogP contribution in [-0.4, -0.2) is 5.11 Å². The number of aliphatic hydroxyl groups excluding tert-OH is 1. The molecule has 3 heteroatoms. The summed E-state index contributed by atoms with van der Waals surface area (Å²) >= 11 is 7.43. The Labute approximate surface area is 117 Å². The molecule has 0 saturated carbocycles. The summed E-state index contributed by atoms with van der Waals surface area (Å²) in [5.74, 6) is 0. The molecule has 0 bridgehead atoms. The van der Waals surface area contributed by atoms with Crippen molar-refractivity contribution in [1.29, 1.82) is 0 Å². The van der Waals surface area contributed by atoms with E-state index in [9.17, 15) is 5.11 Å². The number of halogens is 1. The quantitative estimate of drug-likeness (QED) is 0.871. The first kappa shape index (κ1) is 13.6. The van der Waals surface area contributed by atoms with Gasteiger partial charge < -0.3 is 5.11 Å². The van der Waals surface area contributed by atoms with E-state index in [4.69, 9.17) is 11.6 Å². The highest BCUT2D eigenvalue weighted by Gasteiger charge is 2.13. The Morgan fingerprint density at radius 2 is 1.78 bits per heavy atom. The van der Waals surface area contributed by atoms with Crippen molar-refractivity contribution in [2.45, 2.75) is 33.3 Å². The van der Waals surface area contributed by atoms with Crippen LogP contribution in [0, 0.1) is 20.8 Å². The number of benzene rings is 1. The summed E-state index contributed by atoms with van der Waals surface area (Å²) in [5.41, 5.74) is 4.65. The Hall–Kier alpha value is -0.830. The molecule has 1 atom stereocenters. The molecule has 2 rings (SSSR count). The maximum Gasteiger partial charge on any atom is 0.0931 e. The Balaban J connectivity index is 2.23. The summed E-state index contributed by atoms with van der Waals surface area (Å²) in [7, 11) is 0. The highest BCUT2D eigenvalue weighted by Crippen LogP contribution is 2.29. The molecule has 0 saturated heterocycles. The third-order valence-corrected chi connectivity index (χ3v) is 4.52. The van der Waals surface area contributed by atoms with Crippen LogP contribution in [0.4, 0.5) is 0 Å². The number of aryl methyl sites for hydroxylation is 3. The van der Waals surface area contributed by atoms with E-state index in [0.717, 1.165) is 20.3 Å². The van der Waals surface area contributed by atoms with Crippen molar-refractivity contribution in [2.24, 2.45) is 0 Å². The van der Waals surface area contributed by atoms with Gasteiger partial charge in [0, 0.05) is 11.3 Å². The van der Waals surface area contributed by atoms with Crippen molar-refractivity contribution in [3.63, 3.8) is 0 Å². The molecule has 0 radical (unpaired) electrons. The largest absolute Gasteiger partial charge is 0.388 e. The average Bonchev–Trinajstić information content (AvgIpc) is 2.69. The normalized spacial score (nSPS) is 12.7. The number of hydrogen-bond acceptors (Lipinski definition) is 2. The van der Waals surface area contributed by atoms with Crippen LogP contribution in [0.3, 0.4) is 0 Å². The van der Waals surface area contributed by atoms with Crippen molar-refractivity contribution < 1.29 is 5.11 Å². The highest BCUT2D eigenvalue weighted by atomic mass is 35.5. The van der Waals surface area contributed by atoms with E-state index in [-0.39, 0.29) is 0 Å². The number of rotatable bonds is 3. The van der Waals surface area contributed by atoms with Gasteiger partial charge in [-0.1, -0.05) is 23.7 Å². The zero-order valence-electron chi connectivity index (χ0n) is 10.8. The molecule has 0 amide bonds. The molecule has 1 aromatic heterocycles. The maximum atomic E-state index is 10.3. The lowest BCUT2D eigenvalue weighted by Crippen LogP contribution is -2.04. The van der Waals surface area contributed by atoms with Gasteiger partial charge >= 0.3 is 0 Å². The third-order valence-electron chi connectivity index (χ3n) is 3.26. The smallest absolute Gasteiger partial charge is 0.0931 e. The summed E-state index contributed by atoms with van der Waals surface area (Å²) in [4.78, 5) is 1.12. The van der Waals surface area contributed by atoms with Crippen LogP contribution < -0.4 is 0 Å². The molecule has 96 valence electrons. The van der Waals surface area contributed by atoms with Crippen LogP contribution in [-0.2, 0) is 6.42 Å². The number of thiophene rings is 1. The van der Waals surface area contributed by atoms with Crippen molar-refractivity contribution in [3.8, 4) is 0 Å². The molecule has 0 aliphatic carbocycles. The van der Waals surface area contributed by atoms with Gasteiger partial charge in [-0.15, -0.1) is 11.3 Å². The maximum absolute atomic E-state index is 10.3. The van der Waals surface area contributed by atoms with Crippen LogP contribution in [0.1, 0.15) is 33.2 Å². The lowest BCUT2D eigenvalue weighted by molar-refractivity contribution is 0.178. The van der Waals surface area contributed by atoms with Gasteiger partial charge in [0.05, 0.1) is 10.4 Å². The minimum Gasteiger partial charge on any atom is -0.388 e. The molecular weight excluding hydrogens is 264 g/mol. The fourth-order valence-electron chi connectivity index (χ4n) is 2.10. The summed E-state index contributed by atoms with van der Waals surface area (Å²) in [6.07, 6.45) is 0.166. The van der Waals surface area contributed by atoms with Gasteiger partial charge in [0.15, 0.2) is 0 Å². The molecule has 0 aliphatic rings. The second kappa shape index (κ2) is 5.43. The first-order valence-electron chi connectivity index (χ1n) is 5.97. The molecule has 1 heterocycles. The summed E-state index contributed by atoms with van der Waals surface area (Å²) in [6, 6.07) is 8.08. The Morgan fingerprint density at radius 3 is 2.39 bits per heavy atom.